The standard InChI is InChI=1S/Mo.Ni.2H3P/h;;2*1H3. The Bertz CT molecular complexity index is 6.00. The minimum absolute atomic E-state index is 0. The number of rotatable bonds is 0. The molecule has 0 fully saturated rings. The summed E-state index contributed by atoms with van der Waals surface area (Å²) >= 11 is 0. The number of hydrogen-bond donors (Lipinski definition) is 0. The van der Waals surface area contributed by atoms with E-state index in [1.54, 1.807) is 0 Å². The van der Waals surface area contributed by atoms with Gasteiger partial charge in [0.15, 0.2) is 0 Å². The van der Waals surface area contributed by atoms with Crippen molar-refractivity contribution in [2.24, 2.45) is 0 Å². The van der Waals surface area contributed by atoms with Gasteiger partial charge in [0.1, 0.15) is 0 Å². The zero-order chi connectivity index (χ0) is 0. The first-order valence-electron chi connectivity index (χ1n) is 0. The third-order valence-corrected chi connectivity index (χ3v) is 0. The molecular formula is H6MoNiP2. The van der Waals surface area contributed by atoms with Crippen molar-refractivity contribution in [3.05, 3.63) is 0 Å². The molecule has 0 aliphatic carbocycles. The van der Waals surface area contributed by atoms with Crippen LogP contribution in [0.4, 0.5) is 0 Å². The van der Waals surface area contributed by atoms with E-state index in [-0.39, 0.29) is 57.4 Å². The molecule has 0 heterocycles. The molecule has 0 rings (SSSR count). The second-order valence-corrected chi connectivity index (χ2v) is 0. The van der Waals surface area contributed by atoms with E-state index >= 15 is 0 Å². The third-order valence-electron chi connectivity index (χ3n) is 0. The van der Waals surface area contributed by atoms with Gasteiger partial charge < -0.3 is 0 Å². The van der Waals surface area contributed by atoms with Crippen LogP contribution in [0.25, 0.3) is 0 Å². The molecule has 2 atom stereocenters. The first kappa shape index (κ1) is 36.8. The molecule has 0 N–H and O–H groups in total. The predicted octanol–water partition coefficient (Wildman–Crippen LogP) is 0.111. The van der Waals surface area contributed by atoms with E-state index in [1.807, 2.05) is 0 Å². The second-order valence-electron chi connectivity index (χ2n) is 0. The van der Waals surface area contributed by atoms with Crippen LogP contribution in [-0.4, -0.2) is 0 Å². The van der Waals surface area contributed by atoms with Gasteiger partial charge in [-0.1, -0.05) is 0 Å². The smallest absolute Gasteiger partial charge is 0 e. The van der Waals surface area contributed by atoms with E-state index in [0.717, 1.165) is 0 Å². The fourth-order valence-electron chi connectivity index (χ4n) is 0. The van der Waals surface area contributed by atoms with E-state index in [9.17, 15) is 0 Å². The Hall–Kier alpha value is 2.04. The number of hydrogen-bond acceptors (Lipinski definition) is 0. The van der Waals surface area contributed by atoms with Crippen molar-refractivity contribution in [2.45, 2.75) is 0 Å². The van der Waals surface area contributed by atoms with Crippen LogP contribution in [0.2, 0.25) is 0 Å². The molecule has 0 aliphatic rings. The van der Waals surface area contributed by atoms with Crippen LogP contribution < -0.4 is 0 Å². The molecule has 2 unspecified atom stereocenters. The van der Waals surface area contributed by atoms with E-state index in [1.165, 1.54) is 0 Å². The van der Waals surface area contributed by atoms with Gasteiger partial charge in [0.2, 0.25) is 0 Å². The Balaban J connectivity index is 0. The average molecular weight is 223 g/mol. The van der Waals surface area contributed by atoms with Crippen LogP contribution in [0, 0.1) is 0 Å². The Labute approximate surface area is 57.3 Å². The first-order chi connectivity index (χ1) is 0. The SMILES string of the molecule is P.P.[Mo].[Ni]. The van der Waals surface area contributed by atoms with Gasteiger partial charge in [-0.05, 0) is 0 Å². The average Bonchev–Trinajstić information content (AvgIpc) is 0. The Morgan fingerprint density at radius 2 is 0.750 bits per heavy atom. The topological polar surface area (TPSA) is 0 Å². The first-order valence-corrected chi connectivity index (χ1v) is 0. The molecule has 32 valence electrons. The molecule has 0 radical (unpaired) electrons. The molecule has 4 heavy (non-hydrogen) atoms. The molecule has 0 nitrogen and oxygen atoms in total. The Kier molecular flexibility index (Phi) is 182. The Morgan fingerprint density at radius 3 is 0.750 bits per heavy atom. The van der Waals surface area contributed by atoms with Crippen LogP contribution in [-0.2, 0) is 37.6 Å². The van der Waals surface area contributed by atoms with Gasteiger partial charge in [-0.25, -0.2) is 0 Å². The van der Waals surface area contributed by atoms with Gasteiger partial charge in [-0.3, -0.25) is 0 Å². The van der Waals surface area contributed by atoms with Crippen LogP contribution >= 0.6 is 19.8 Å². The van der Waals surface area contributed by atoms with Gasteiger partial charge in [0.05, 0.1) is 0 Å². The summed E-state index contributed by atoms with van der Waals surface area (Å²) in [5.74, 6) is 0. The molecule has 0 aromatic carbocycles. The molecular weight excluding hydrogens is 217 g/mol. The summed E-state index contributed by atoms with van der Waals surface area (Å²) in [7, 11) is 0. The van der Waals surface area contributed by atoms with Crippen molar-refractivity contribution in [3.8, 4) is 0 Å². The van der Waals surface area contributed by atoms with Crippen molar-refractivity contribution in [3.63, 3.8) is 0 Å². The quantitative estimate of drug-likeness (QED) is 0.403. The summed E-state index contributed by atoms with van der Waals surface area (Å²) in [5, 5.41) is 0. The maximum Gasteiger partial charge on any atom is 0 e. The van der Waals surface area contributed by atoms with Gasteiger partial charge in [-0.15, -0.1) is 0 Å². The molecule has 0 aliphatic heterocycles. The summed E-state index contributed by atoms with van der Waals surface area (Å²) in [6.07, 6.45) is 0. The predicted molar refractivity (Wildman–Crippen MR) is 22.2 cm³/mol. The van der Waals surface area contributed by atoms with Crippen molar-refractivity contribution in [2.75, 3.05) is 0 Å². The maximum absolute atomic E-state index is 0. The van der Waals surface area contributed by atoms with E-state index < -0.39 is 0 Å². The van der Waals surface area contributed by atoms with E-state index in [4.69, 9.17) is 0 Å². The molecule has 0 aromatic heterocycles. The second kappa shape index (κ2) is 19.8. The summed E-state index contributed by atoms with van der Waals surface area (Å²) in [6, 6.07) is 0. The monoisotopic (exact) mass is 224 g/mol. The molecule has 0 aromatic rings. The molecule has 0 amide bonds. The fourth-order valence-corrected chi connectivity index (χ4v) is 0. The van der Waals surface area contributed by atoms with Gasteiger partial charge in [0, 0.05) is 37.6 Å². The minimum atomic E-state index is 0. The largest absolute Gasteiger partial charge is 0.153 e. The normalized spacial score (nSPS) is 0. The van der Waals surface area contributed by atoms with E-state index in [2.05, 4.69) is 0 Å². The minimum Gasteiger partial charge on any atom is -0.153 e. The van der Waals surface area contributed by atoms with Crippen LogP contribution in [0.1, 0.15) is 0 Å². The fraction of sp³-hybridized carbons (Fsp3) is 0. The van der Waals surface area contributed by atoms with Gasteiger partial charge in [0.25, 0.3) is 0 Å². The van der Waals surface area contributed by atoms with Gasteiger partial charge in [-0.2, -0.15) is 19.8 Å². The summed E-state index contributed by atoms with van der Waals surface area (Å²) in [6.45, 7) is 0. The summed E-state index contributed by atoms with van der Waals surface area (Å²) in [5.41, 5.74) is 0. The van der Waals surface area contributed by atoms with Crippen LogP contribution in [0.5, 0.6) is 0 Å². The van der Waals surface area contributed by atoms with E-state index in [0.29, 0.717) is 0 Å². The van der Waals surface area contributed by atoms with Crippen LogP contribution in [0.3, 0.4) is 0 Å². The maximum atomic E-state index is 0. The summed E-state index contributed by atoms with van der Waals surface area (Å²) < 4.78 is 0. The molecule has 0 saturated carbocycles. The Morgan fingerprint density at radius 1 is 0.750 bits per heavy atom. The zero-order valence-corrected chi connectivity index (χ0v) is 7.96. The van der Waals surface area contributed by atoms with Crippen molar-refractivity contribution < 1.29 is 37.6 Å². The van der Waals surface area contributed by atoms with Crippen molar-refractivity contribution in [1.82, 2.24) is 0 Å². The zero-order valence-electron chi connectivity index (χ0n) is 2.14. The molecule has 0 spiro atoms. The van der Waals surface area contributed by atoms with Crippen LogP contribution in [0.15, 0.2) is 0 Å². The molecule has 4 heteroatoms. The third kappa shape index (κ3) is 8.97. The molecule has 0 saturated heterocycles. The molecule has 0 bridgehead atoms. The van der Waals surface area contributed by atoms with Gasteiger partial charge >= 0.3 is 0 Å². The summed E-state index contributed by atoms with van der Waals surface area (Å²) in [4.78, 5) is 0. The van der Waals surface area contributed by atoms with Crippen molar-refractivity contribution >= 4 is 19.8 Å². The van der Waals surface area contributed by atoms with Crippen molar-refractivity contribution in [1.29, 1.82) is 0 Å².